The SMILES string of the molecule is CC(O)(CNC(=O)Nc1nc(C2CC3CCC2C3)cs1)C(=O)O. The molecule has 4 unspecified atom stereocenters. The summed E-state index contributed by atoms with van der Waals surface area (Å²) in [7, 11) is 0. The summed E-state index contributed by atoms with van der Waals surface area (Å²) < 4.78 is 0. The highest BCUT2D eigenvalue weighted by molar-refractivity contribution is 7.13. The van der Waals surface area contributed by atoms with E-state index in [9.17, 15) is 14.7 Å². The van der Waals surface area contributed by atoms with Gasteiger partial charge >= 0.3 is 12.0 Å². The smallest absolute Gasteiger partial charge is 0.337 e. The molecule has 0 aliphatic heterocycles. The third kappa shape index (κ3) is 3.48. The van der Waals surface area contributed by atoms with E-state index < -0.39 is 17.6 Å². The molecule has 0 radical (unpaired) electrons. The van der Waals surface area contributed by atoms with Gasteiger partial charge in [0.25, 0.3) is 0 Å². The van der Waals surface area contributed by atoms with E-state index in [1.165, 1.54) is 37.0 Å². The number of rotatable bonds is 5. The zero-order valence-corrected chi connectivity index (χ0v) is 13.7. The summed E-state index contributed by atoms with van der Waals surface area (Å²) in [6.07, 6.45) is 5.11. The highest BCUT2D eigenvalue weighted by Crippen LogP contribution is 2.52. The number of carbonyl (C=O) groups excluding carboxylic acids is 1. The Bertz CT molecular complexity index is 616. The van der Waals surface area contributed by atoms with Gasteiger partial charge in [0.2, 0.25) is 0 Å². The molecule has 23 heavy (non-hydrogen) atoms. The zero-order chi connectivity index (χ0) is 16.6. The molecule has 2 amide bonds. The highest BCUT2D eigenvalue weighted by atomic mass is 32.1. The number of carbonyl (C=O) groups is 2. The molecule has 1 aromatic rings. The minimum absolute atomic E-state index is 0.376. The number of hydrogen-bond donors (Lipinski definition) is 4. The van der Waals surface area contributed by atoms with Crippen LogP contribution in [-0.2, 0) is 4.79 Å². The summed E-state index contributed by atoms with van der Waals surface area (Å²) in [5, 5.41) is 25.8. The van der Waals surface area contributed by atoms with E-state index in [0.29, 0.717) is 11.0 Å². The Balaban J connectivity index is 1.53. The fraction of sp³-hybridized carbons (Fsp3) is 0.667. The summed E-state index contributed by atoms with van der Waals surface area (Å²) in [6, 6.07) is -0.569. The van der Waals surface area contributed by atoms with E-state index in [1.54, 1.807) is 0 Å². The minimum Gasteiger partial charge on any atom is -0.479 e. The first kappa shape index (κ1) is 16.2. The fourth-order valence-electron chi connectivity index (χ4n) is 3.59. The molecule has 4 atom stereocenters. The lowest BCUT2D eigenvalue weighted by Crippen LogP contribution is -2.47. The van der Waals surface area contributed by atoms with Crippen molar-refractivity contribution in [3.8, 4) is 0 Å². The number of anilines is 1. The number of aliphatic hydroxyl groups is 1. The molecule has 126 valence electrons. The van der Waals surface area contributed by atoms with Crippen molar-refractivity contribution < 1.29 is 19.8 Å². The van der Waals surface area contributed by atoms with Crippen LogP contribution in [0, 0.1) is 11.8 Å². The second kappa shape index (κ2) is 6.09. The van der Waals surface area contributed by atoms with Crippen molar-refractivity contribution >= 4 is 28.5 Å². The van der Waals surface area contributed by atoms with Crippen molar-refractivity contribution in [1.82, 2.24) is 10.3 Å². The number of urea groups is 1. The molecule has 0 aromatic carbocycles. The molecule has 3 rings (SSSR count). The van der Waals surface area contributed by atoms with Gasteiger partial charge in [0.1, 0.15) is 0 Å². The lowest BCUT2D eigenvalue weighted by Gasteiger charge is -2.19. The molecule has 2 saturated carbocycles. The van der Waals surface area contributed by atoms with Gasteiger partial charge < -0.3 is 15.5 Å². The lowest BCUT2D eigenvalue weighted by atomic mass is 9.87. The summed E-state index contributed by atoms with van der Waals surface area (Å²) in [5.74, 6) is 0.695. The van der Waals surface area contributed by atoms with Crippen LogP contribution in [0.5, 0.6) is 0 Å². The van der Waals surface area contributed by atoms with E-state index in [4.69, 9.17) is 5.11 Å². The number of hydrogen-bond acceptors (Lipinski definition) is 5. The van der Waals surface area contributed by atoms with Gasteiger partial charge in [0.15, 0.2) is 10.7 Å². The predicted octanol–water partition coefficient (Wildman–Crippen LogP) is 2.00. The first-order valence-corrected chi connectivity index (χ1v) is 8.69. The standard InChI is InChI=1S/C15H21N3O4S/c1-15(22,12(19)20)7-16-13(21)18-14-17-11(6-23-14)10-5-8-2-3-9(10)4-8/h6,8-10,22H,2-5,7H2,1H3,(H,19,20)(H2,16,17,18,21). The molecule has 8 heteroatoms. The Morgan fingerprint density at radius 3 is 2.83 bits per heavy atom. The maximum atomic E-state index is 11.8. The third-order valence-corrected chi connectivity index (χ3v) is 5.69. The van der Waals surface area contributed by atoms with Crippen LogP contribution in [-0.4, -0.2) is 39.3 Å². The Hall–Kier alpha value is -1.67. The van der Waals surface area contributed by atoms with E-state index in [-0.39, 0.29) is 6.54 Å². The lowest BCUT2D eigenvalue weighted by molar-refractivity contribution is -0.155. The molecule has 1 heterocycles. The van der Waals surface area contributed by atoms with Gasteiger partial charge in [-0.2, -0.15) is 0 Å². The van der Waals surface area contributed by atoms with Gasteiger partial charge in [-0.25, -0.2) is 14.6 Å². The van der Waals surface area contributed by atoms with Gasteiger partial charge in [0, 0.05) is 11.3 Å². The Morgan fingerprint density at radius 1 is 1.43 bits per heavy atom. The fourth-order valence-corrected chi connectivity index (χ4v) is 4.36. The second-order valence-electron chi connectivity index (χ2n) is 6.75. The van der Waals surface area contributed by atoms with E-state index >= 15 is 0 Å². The molecular weight excluding hydrogens is 318 g/mol. The van der Waals surface area contributed by atoms with Gasteiger partial charge in [0.05, 0.1) is 12.2 Å². The number of aliphatic carboxylic acids is 1. The van der Waals surface area contributed by atoms with E-state index in [0.717, 1.165) is 24.5 Å². The normalized spacial score (nSPS) is 28.3. The van der Waals surface area contributed by atoms with Crippen LogP contribution < -0.4 is 10.6 Å². The van der Waals surface area contributed by atoms with Crippen molar-refractivity contribution in [2.45, 2.75) is 44.1 Å². The van der Waals surface area contributed by atoms with Crippen LogP contribution in [0.15, 0.2) is 5.38 Å². The predicted molar refractivity (Wildman–Crippen MR) is 85.6 cm³/mol. The first-order valence-electron chi connectivity index (χ1n) is 7.81. The van der Waals surface area contributed by atoms with Crippen molar-refractivity contribution in [3.05, 3.63) is 11.1 Å². The van der Waals surface area contributed by atoms with E-state index in [1.807, 2.05) is 5.38 Å². The first-order chi connectivity index (χ1) is 10.8. The molecule has 2 aliphatic rings. The number of aromatic nitrogens is 1. The summed E-state index contributed by atoms with van der Waals surface area (Å²) >= 11 is 1.37. The van der Waals surface area contributed by atoms with Crippen molar-refractivity contribution in [2.24, 2.45) is 11.8 Å². The Kier molecular flexibility index (Phi) is 4.29. The van der Waals surface area contributed by atoms with Gasteiger partial charge in [-0.15, -0.1) is 11.3 Å². The highest BCUT2D eigenvalue weighted by Gasteiger charge is 2.41. The van der Waals surface area contributed by atoms with Crippen LogP contribution in [0.4, 0.5) is 9.93 Å². The molecule has 2 fully saturated rings. The number of nitrogens with one attached hydrogen (secondary N) is 2. The molecule has 0 saturated heterocycles. The van der Waals surface area contributed by atoms with Crippen LogP contribution in [0.25, 0.3) is 0 Å². The quantitative estimate of drug-likeness (QED) is 0.655. The van der Waals surface area contributed by atoms with E-state index in [2.05, 4.69) is 15.6 Å². The molecule has 1 aromatic heterocycles. The number of fused-ring (bicyclic) bond motifs is 2. The molecule has 0 spiro atoms. The summed E-state index contributed by atoms with van der Waals surface area (Å²) in [5.41, 5.74) is -0.941. The largest absolute Gasteiger partial charge is 0.479 e. The molecule has 4 N–H and O–H groups in total. The Labute approximate surface area is 138 Å². The second-order valence-corrected chi connectivity index (χ2v) is 7.60. The number of carboxylic acid groups (broad SMARTS) is 1. The topological polar surface area (TPSA) is 112 Å². The average Bonchev–Trinajstić information content (AvgIpc) is 3.20. The monoisotopic (exact) mass is 339 g/mol. The van der Waals surface area contributed by atoms with Crippen LogP contribution in [0.1, 0.15) is 44.2 Å². The number of carboxylic acids is 1. The number of nitrogens with zero attached hydrogens (tertiary/aromatic N) is 1. The minimum atomic E-state index is -1.99. The van der Waals surface area contributed by atoms with Gasteiger partial charge in [-0.3, -0.25) is 5.32 Å². The maximum absolute atomic E-state index is 11.8. The summed E-state index contributed by atoms with van der Waals surface area (Å²) in [6.45, 7) is 0.755. The zero-order valence-electron chi connectivity index (χ0n) is 12.9. The van der Waals surface area contributed by atoms with Gasteiger partial charge in [-0.05, 0) is 38.0 Å². The molecular formula is C15H21N3O4S. The molecule has 2 bridgehead atoms. The third-order valence-electron chi connectivity index (χ3n) is 4.91. The van der Waals surface area contributed by atoms with Crippen LogP contribution in [0.2, 0.25) is 0 Å². The van der Waals surface area contributed by atoms with Crippen molar-refractivity contribution in [3.63, 3.8) is 0 Å². The maximum Gasteiger partial charge on any atom is 0.337 e. The molecule has 2 aliphatic carbocycles. The average molecular weight is 339 g/mol. The van der Waals surface area contributed by atoms with Crippen LogP contribution in [0.3, 0.4) is 0 Å². The number of thiazole rings is 1. The van der Waals surface area contributed by atoms with Gasteiger partial charge in [-0.1, -0.05) is 6.42 Å². The number of amides is 2. The van der Waals surface area contributed by atoms with Crippen LogP contribution >= 0.6 is 11.3 Å². The van der Waals surface area contributed by atoms with Crippen molar-refractivity contribution in [2.75, 3.05) is 11.9 Å². The summed E-state index contributed by atoms with van der Waals surface area (Å²) in [4.78, 5) is 27.1. The Morgan fingerprint density at radius 2 is 2.22 bits per heavy atom. The van der Waals surface area contributed by atoms with Crippen molar-refractivity contribution in [1.29, 1.82) is 0 Å². The molecule has 7 nitrogen and oxygen atoms in total.